The quantitative estimate of drug-likeness (QED) is 0.267. The van der Waals surface area contributed by atoms with Crippen LogP contribution >= 0.6 is 0 Å². The van der Waals surface area contributed by atoms with Crippen molar-refractivity contribution < 1.29 is 26.4 Å². The minimum atomic E-state index is -3.20. The molecule has 1 aromatic heterocycles. The van der Waals surface area contributed by atoms with Crippen LogP contribution in [0, 0.1) is 0 Å². The zero-order chi connectivity index (χ0) is 33.9. The van der Waals surface area contributed by atoms with E-state index in [0.717, 1.165) is 29.9 Å². The Bertz CT molecular complexity index is 1800. The number of hydrogen-bond acceptors (Lipinski definition) is 12. The normalized spacial score (nSPS) is 18.0. The van der Waals surface area contributed by atoms with Crippen LogP contribution < -0.4 is 20.4 Å². The van der Waals surface area contributed by atoms with Crippen molar-refractivity contribution in [2.24, 2.45) is 0 Å². The highest BCUT2D eigenvalue weighted by atomic mass is 32.2. The molecule has 2 N–H and O–H groups in total. The zero-order valence-corrected chi connectivity index (χ0v) is 28.8. The van der Waals surface area contributed by atoms with Crippen LogP contribution in [0.15, 0.2) is 54.7 Å². The van der Waals surface area contributed by atoms with Gasteiger partial charge in [-0.2, -0.15) is 13.6 Å². The number of piperazine rings is 2. The van der Waals surface area contributed by atoms with Crippen LogP contribution in [0.4, 0.5) is 34.5 Å². The largest absolute Gasteiger partial charge is 0.459 e. The number of rotatable bonds is 12. The van der Waals surface area contributed by atoms with Crippen molar-refractivity contribution in [3.63, 3.8) is 0 Å². The first-order chi connectivity index (χ1) is 23.0. The summed E-state index contributed by atoms with van der Waals surface area (Å²) < 4.78 is 57.5. The summed E-state index contributed by atoms with van der Waals surface area (Å²) in [7, 11) is -6.39. The van der Waals surface area contributed by atoms with Crippen LogP contribution in [0.2, 0.25) is 0 Å². The molecule has 0 radical (unpaired) electrons. The van der Waals surface area contributed by atoms with Gasteiger partial charge in [0.05, 0.1) is 11.5 Å². The minimum Gasteiger partial charge on any atom is -0.459 e. The number of carbonyl (C=O) groups excluding carboxylic acids is 1. The van der Waals surface area contributed by atoms with Gasteiger partial charge in [-0.05, 0) is 75.2 Å². The summed E-state index contributed by atoms with van der Waals surface area (Å²) in [6.45, 7) is 7.58. The molecule has 6 rings (SSSR count). The molecule has 0 unspecified atom stereocenters. The van der Waals surface area contributed by atoms with Crippen molar-refractivity contribution in [1.29, 1.82) is 0 Å². The predicted molar refractivity (Wildman–Crippen MR) is 186 cm³/mol. The van der Waals surface area contributed by atoms with E-state index in [9.17, 15) is 21.6 Å². The Balaban J connectivity index is 1.12. The summed E-state index contributed by atoms with van der Waals surface area (Å²) in [6.07, 6.45) is 3.07. The third-order valence-electron chi connectivity index (χ3n) is 8.78. The smallest absolute Gasteiger partial charge is 0.343 e. The lowest BCUT2D eigenvalue weighted by molar-refractivity contribution is 0.0472. The number of nitrogens with one attached hydrogen (secondary N) is 2. The fourth-order valence-corrected chi connectivity index (χ4v) is 7.85. The van der Waals surface area contributed by atoms with E-state index in [0.29, 0.717) is 69.8 Å². The van der Waals surface area contributed by atoms with Gasteiger partial charge in [-0.25, -0.2) is 26.6 Å². The third-order valence-corrected chi connectivity index (χ3v) is 12.5. The van der Waals surface area contributed by atoms with Crippen LogP contribution in [-0.2, 0) is 24.8 Å². The molecule has 2 aromatic carbocycles. The van der Waals surface area contributed by atoms with Gasteiger partial charge in [-0.3, -0.25) is 0 Å². The van der Waals surface area contributed by atoms with Gasteiger partial charge in [-0.15, -0.1) is 0 Å². The summed E-state index contributed by atoms with van der Waals surface area (Å²) in [5.74, 6) is 0.323. The van der Waals surface area contributed by atoms with Gasteiger partial charge in [0, 0.05) is 81.3 Å². The van der Waals surface area contributed by atoms with Crippen molar-refractivity contribution in [3.05, 3.63) is 60.3 Å². The average molecular weight is 699 g/mol. The van der Waals surface area contributed by atoms with Gasteiger partial charge in [0.25, 0.3) is 0 Å². The molecule has 3 fully saturated rings. The summed E-state index contributed by atoms with van der Waals surface area (Å²) in [4.78, 5) is 26.3. The number of hydrogen-bond donors (Lipinski definition) is 2. The monoisotopic (exact) mass is 698 g/mol. The predicted octanol–water partition coefficient (Wildman–Crippen LogP) is 3.23. The summed E-state index contributed by atoms with van der Waals surface area (Å²) in [6, 6.07) is 15.5. The van der Waals surface area contributed by atoms with Crippen LogP contribution in [0.1, 0.15) is 37.0 Å². The van der Waals surface area contributed by atoms with Crippen LogP contribution in [0.25, 0.3) is 0 Å². The van der Waals surface area contributed by atoms with Gasteiger partial charge in [-0.1, -0.05) is 0 Å². The van der Waals surface area contributed by atoms with Crippen LogP contribution in [0.3, 0.4) is 0 Å². The Morgan fingerprint density at radius 2 is 1.19 bits per heavy atom. The first-order valence-corrected chi connectivity index (χ1v) is 19.5. The average Bonchev–Trinajstić information content (AvgIpc) is 3.93. The van der Waals surface area contributed by atoms with E-state index < -0.39 is 26.0 Å². The van der Waals surface area contributed by atoms with Crippen molar-refractivity contribution in [3.8, 4) is 0 Å². The molecule has 258 valence electrons. The van der Waals surface area contributed by atoms with Gasteiger partial charge >= 0.3 is 5.97 Å². The van der Waals surface area contributed by atoms with E-state index >= 15 is 0 Å². The van der Waals surface area contributed by atoms with Crippen molar-refractivity contribution in [2.75, 3.05) is 84.3 Å². The summed E-state index contributed by atoms with van der Waals surface area (Å²) >= 11 is 0. The molecule has 3 aliphatic rings. The molecule has 2 aliphatic heterocycles. The molecular weight excluding hydrogens is 657 g/mol. The molecule has 3 heterocycles. The number of carbonyl (C=O) groups is 1. The second-order valence-electron chi connectivity index (χ2n) is 12.0. The van der Waals surface area contributed by atoms with Crippen LogP contribution in [-0.4, -0.2) is 111 Å². The Hall–Kier alpha value is -3.99. The zero-order valence-electron chi connectivity index (χ0n) is 27.2. The molecule has 0 bridgehead atoms. The molecule has 16 heteroatoms. The fraction of sp³-hybridized carbons (Fsp3) is 0.469. The van der Waals surface area contributed by atoms with E-state index in [1.54, 1.807) is 22.5 Å². The summed E-state index contributed by atoms with van der Waals surface area (Å²) in [5, 5.41) is 6.47. The Labute approximate surface area is 282 Å². The van der Waals surface area contributed by atoms with Gasteiger partial charge in [0.2, 0.25) is 26.0 Å². The number of sulfonamides is 2. The summed E-state index contributed by atoms with van der Waals surface area (Å²) in [5.41, 5.74) is 3.66. The lowest BCUT2D eigenvalue weighted by Gasteiger charge is -2.35. The van der Waals surface area contributed by atoms with Gasteiger partial charge < -0.3 is 25.2 Å². The number of benzene rings is 2. The first kappa shape index (κ1) is 33.9. The Kier molecular flexibility index (Phi) is 10.1. The maximum absolute atomic E-state index is 13.0. The second kappa shape index (κ2) is 14.2. The van der Waals surface area contributed by atoms with E-state index in [1.165, 1.54) is 6.20 Å². The number of esters is 1. The Morgan fingerprint density at radius 1 is 0.729 bits per heavy atom. The molecule has 0 spiro atoms. The highest BCUT2D eigenvalue weighted by molar-refractivity contribution is 7.89. The van der Waals surface area contributed by atoms with E-state index in [2.05, 4.69) is 30.4 Å². The fourth-order valence-electron chi connectivity index (χ4n) is 5.68. The standard InChI is InChI=1S/C32H42N8O6S2/c1-3-47(42,43)39-19-15-37(16-20-39)26-9-5-24(6-10-26)34-30-29(31(41)46-28-13-14-28)23-33-32(36-30)35-25-7-11-27(12-8-25)38-17-21-40(22-18-38)48(44,45)4-2/h5-12,23,28H,3-4,13-22H2,1-2H3,(H2,33,34,35,36). The number of aromatic nitrogens is 2. The van der Waals surface area contributed by atoms with E-state index in [-0.39, 0.29) is 23.2 Å². The molecular formula is C32H42N8O6S2. The van der Waals surface area contributed by atoms with Gasteiger partial charge in [0.15, 0.2) is 5.82 Å². The topological polar surface area (TPSA) is 157 Å². The molecule has 48 heavy (non-hydrogen) atoms. The van der Waals surface area contributed by atoms with E-state index in [4.69, 9.17) is 4.74 Å². The van der Waals surface area contributed by atoms with Crippen molar-refractivity contribution in [1.82, 2.24) is 18.6 Å². The third kappa shape index (κ3) is 7.99. The minimum absolute atomic E-state index is 0.0762. The lowest BCUT2D eigenvalue weighted by Crippen LogP contribution is -2.49. The molecule has 0 amide bonds. The molecule has 3 aromatic rings. The number of nitrogens with zero attached hydrogens (tertiary/aromatic N) is 6. The molecule has 14 nitrogen and oxygen atoms in total. The van der Waals surface area contributed by atoms with Crippen molar-refractivity contribution >= 4 is 60.5 Å². The molecule has 1 saturated carbocycles. The lowest BCUT2D eigenvalue weighted by atomic mass is 10.2. The first-order valence-electron chi connectivity index (χ1n) is 16.3. The van der Waals surface area contributed by atoms with Gasteiger partial charge in [0.1, 0.15) is 11.7 Å². The Morgan fingerprint density at radius 3 is 1.62 bits per heavy atom. The maximum atomic E-state index is 13.0. The highest BCUT2D eigenvalue weighted by Gasteiger charge is 2.29. The number of anilines is 6. The molecule has 2 saturated heterocycles. The van der Waals surface area contributed by atoms with E-state index in [1.807, 2.05) is 48.5 Å². The molecule has 0 atom stereocenters. The highest BCUT2D eigenvalue weighted by Crippen LogP contribution is 2.29. The van der Waals surface area contributed by atoms with Crippen molar-refractivity contribution in [2.45, 2.75) is 32.8 Å². The van der Waals surface area contributed by atoms with Crippen LogP contribution in [0.5, 0.6) is 0 Å². The maximum Gasteiger partial charge on any atom is 0.343 e. The second-order valence-corrected chi connectivity index (χ2v) is 16.5. The SMILES string of the molecule is CCS(=O)(=O)N1CCN(c2ccc(Nc3ncc(C(=O)OC4CC4)c(Nc4ccc(N5CCN(S(=O)(=O)CC)CC5)cc4)n3)cc2)CC1. The molecule has 1 aliphatic carbocycles. The number of ether oxygens (including phenoxy) is 1.